The van der Waals surface area contributed by atoms with Crippen LogP contribution >= 0.6 is 25.2 Å². The van der Waals surface area contributed by atoms with Crippen molar-refractivity contribution in [3.8, 4) is 0 Å². The highest BCUT2D eigenvalue weighted by molar-refractivity contribution is 9.50. The van der Waals surface area contributed by atoms with E-state index in [9.17, 15) is 8.42 Å². The van der Waals surface area contributed by atoms with Crippen LogP contribution in [0.4, 0.5) is 0 Å². The van der Waals surface area contributed by atoms with Crippen LogP contribution in [-0.2, 0) is 10.0 Å². The molecule has 0 aliphatic carbocycles. The first-order valence-corrected chi connectivity index (χ1v) is 7.88. The molecule has 0 spiro atoms. The fourth-order valence-corrected chi connectivity index (χ4v) is 3.63. The van der Waals surface area contributed by atoms with Gasteiger partial charge in [0.1, 0.15) is 0 Å². The third-order valence-electron chi connectivity index (χ3n) is 1.75. The standard InChI is InChI=1S/C8H10BrNO2S2/c1-7-3-5-8(6-4-7)14(11,12)10(2)13-9/h3-6H,1-2H3. The normalized spacial score (nSPS) is 12.0. The second kappa shape index (κ2) is 4.65. The predicted octanol–water partition coefficient (Wildman–Crippen LogP) is 2.57. The first kappa shape index (κ1) is 12.0. The fourth-order valence-electron chi connectivity index (χ4n) is 0.896. The molecule has 0 aromatic heterocycles. The Morgan fingerprint density at radius 2 is 1.79 bits per heavy atom. The van der Waals surface area contributed by atoms with Crippen molar-refractivity contribution in [2.75, 3.05) is 7.05 Å². The Hall–Kier alpha value is -0.0400. The summed E-state index contributed by atoms with van der Waals surface area (Å²) in [5, 5.41) is 0. The monoisotopic (exact) mass is 295 g/mol. The lowest BCUT2D eigenvalue weighted by Gasteiger charge is -2.12. The van der Waals surface area contributed by atoms with Crippen LogP contribution in [0, 0.1) is 6.92 Å². The maximum Gasteiger partial charge on any atom is 0.252 e. The summed E-state index contributed by atoms with van der Waals surface area (Å²) >= 11 is 3.03. The molecule has 0 aliphatic rings. The minimum Gasteiger partial charge on any atom is -0.206 e. The number of aryl methyl sites for hydroxylation is 1. The summed E-state index contributed by atoms with van der Waals surface area (Å²) in [7, 11) is -0.873. The molecule has 0 heterocycles. The highest BCUT2D eigenvalue weighted by Gasteiger charge is 2.19. The molecular weight excluding hydrogens is 286 g/mol. The number of rotatable bonds is 3. The van der Waals surface area contributed by atoms with Gasteiger partial charge < -0.3 is 0 Å². The molecule has 0 radical (unpaired) electrons. The number of benzene rings is 1. The van der Waals surface area contributed by atoms with Gasteiger partial charge in [-0.05, 0) is 19.1 Å². The Labute approximate surface area is 95.9 Å². The minimum absolute atomic E-state index is 0.303. The SMILES string of the molecule is Cc1ccc(S(=O)(=O)N(C)SBr)cc1. The summed E-state index contributed by atoms with van der Waals surface area (Å²) < 4.78 is 24.7. The van der Waals surface area contributed by atoms with Crippen molar-refractivity contribution in [1.82, 2.24) is 3.71 Å². The van der Waals surface area contributed by atoms with Crippen molar-refractivity contribution in [3.63, 3.8) is 0 Å². The van der Waals surface area contributed by atoms with Gasteiger partial charge in [0.2, 0.25) is 0 Å². The van der Waals surface area contributed by atoms with Gasteiger partial charge >= 0.3 is 0 Å². The van der Waals surface area contributed by atoms with Gasteiger partial charge in [0.05, 0.1) is 4.90 Å². The maximum absolute atomic E-state index is 11.7. The van der Waals surface area contributed by atoms with Crippen LogP contribution in [-0.4, -0.2) is 19.2 Å². The summed E-state index contributed by atoms with van der Waals surface area (Å²) in [5.74, 6) is 0. The number of nitrogens with zero attached hydrogens (tertiary/aromatic N) is 1. The van der Waals surface area contributed by atoms with Gasteiger partial charge in [-0.25, -0.2) is 8.42 Å². The molecule has 0 fully saturated rings. The van der Waals surface area contributed by atoms with Gasteiger partial charge in [0.25, 0.3) is 10.0 Å². The molecule has 0 N–H and O–H groups in total. The van der Waals surface area contributed by atoms with Gasteiger partial charge in [0.15, 0.2) is 0 Å². The molecular formula is C8H10BrNO2S2. The van der Waals surface area contributed by atoms with Crippen LogP contribution < -0.4 is 0 Å². The molecule has 6 heteroatoms. The van der Waals surface area contributed by atoms with E-state index in [1.165, 1.54) is 7.05 Å². The molecule has 78 valence electrons. The highest BCUT2D eigenvalue weighted by Crippen LogP contribution is 2.24. The average Bonchev–Trinajstić information content (AvgIpc) is 2.17. The lowest BCUT2D eigenvalue weighted by atomic mass is 10.2. The quantitative estimate of drug-likeness (QED) is 0.805. The molecule has 0 amide bonds. The smallest absolute Gasteiger partial charge is 0.206 e. The molecule has 1 rings (SSSR count). The molecule has 0 saturated heterocycles. The summed E-state index contributed by atoms with van der Waals surface area (Å²) in [6, 6.07) is 6.76. The first-order valence-electron chi connectivity index (χ1n) is 3.83. The second-order valence-corrected chi connectivity index (χ2v) is 6.55. The molecule has 0 atom stereocenters. The van der Waals surface area contributed by atoms with E-state index < -0.39 is 10.0 Å². The van der Waals surface area contributed by atoms with Gasteiger partial charge in [-0.1, -0.05) is 17.7 Å². The third-order valence-corrected chi connectivity index (χ3v) is 6.18. The molecule has 1 aromatic rings. The highest BCUT2D eigenvalue weighted by atomic mass is 79.9. The van der Waals surface area contributed by atoms with Crippen LogP contribution in [0.25, 0.3) is 0 Å². The zero-order valence-electron chi connectivity index (χ0n) is 7.77. The van der Waals surface area contributed by atoms with Gasteiger partial charge in [-0.2, -0.15) is 0 Å². The van der Waals surface area contributed by atoms with Gasteiger partial charge in [-0.15, -0.1) is 3.71 Å². The number of hydrogen-bond acceptors (Lipinski definition) is 3. The summed E-state index contributed by atoms with van der Waals surface area (Å²) in [4.78, 5) is 0.303. The van der Waals surface area contributed by atoms with Crippen molar-refractivity contribution in [3.05, 3.63) is 29.8 Å². The van der Waals surface area contributed by atoms with Gasteiger partial charge in [0, 0.05) is 32.2 Å². The first-order chi connectivity index (χ1) is 6.48. The van der Waals surface area contributed by atoms with E-state index in [1.807, 2.05) is 6.92 Å². The largest absolute Gasteiger partial charge is 0.252 e. The van der Waals surface area contributed by atoms with E-state index in [4.69, 9.17) is 0 Å². The van der Waals surface area contributed by atoms with E-state index in [-0.39, 0.29) is 0 Å². The lowest BCUT2D eigenvalue weighted by molar-refractivity contribution is 0.565. The minimum atomic E-state index is -3.36. The zero-order valence-corrected chi connectivity index (χ0v) is 11.0. The van der Waals surface area contributed by atoms with Crippen molar-refractivity contribution in [2.24, 2.45) is 0 Å². The fraction of sp³-hybridized carbons (Fsp3) is 0.250. The Morgan fingerprint density at radius 3 is 2.21 bits per heavy atom. The summed E-state index contributed by atoms with van der Waals surface area (Å²) in [6.45, 7) is 1.92. The number of hydrogen-bond donors (Lipinski definition) is 0. The van der Waals surface area contributed by atoms with Crippen molar-refractivity contribution < 1.29 is 8.42 Å². The molecule has 0 bridgehead atoms. The average molecular weight is 296 g/mol. The Bertz CT molecular complexity index is 402. The molecule has 14 heavy (non-hydrogen) atoms. The van der Waals surface area contributed by atoms with Crippen molar-refractivity contribution >= 4 is 35.2 Å². The molecule has 0 unspecified atom stereocenters. The molecule has 1 aromatic carbocycles. The Balaban J connectivity index is 3.11. The van der Waals surface area contributed by atoms with E-state index >= 15 is 0 Å². The number of halogens is 1. The van der Waals surface area contributed by atoms with Crippen LogP contribution in [0.15, 0.2) is 29.2 Å². The van der Waals surface area contributed by atoms with E-state index in [2.05, 4.69) is 14.8 Å². The molecule has 0 aliphatic heterocycles. The van der Waals surface area contributed by atoms with E-state index in [0.29, 0.717) is 4.90 Å². The summed E-state index contributed by atoms with van der Waals surface area (Å²) in [5.41, 5.74) is 1.04. The maximum atomic E-state index is 11.7. The number of sulfonamides is 1. The van der Waals surface area contributed by atoms with Crippen LogP contribution in [0.5, 0.6) is 0 Å². The van der Waals surface area contributed by atoms with Crippen LogP contribution in [0.2, 0.25) is 0 Å². The van der Waals surface area contributed by atoms with E-state index in [0.717, 1.165) is 19.7 Å². The van der Waals surface area contributed by atoms with E-state index in [1.54, 1.807) is 24.3 Å². The summed E-state index contributed by atoms with van der Waals surface area (Å²) in [6.07, 6.45) is 0. The Morgan fingerprint density at radius 1 is 1.29 bits per heavy atom. The van der Waals surface area contributed by atoms with Crippen molar-refractivity contribution in [1.29, 1.82) is 0 Å². The molecule has 3 nitrogen and oxygen atoms in total. The zero-order chi connectivity index (χ0) is 10.8. The lowest BCUT2D eigenvalue weighted by Crippen LogP contribution is -2.18. The van der Waals surface area contributed by atoms with Gasteiger partial charge in [-0.3, -0.25) is 0 Å². The topological polar surface area (TPSA) is 37.4 Å². The molecule has 0 saturated carbocycles. The second-order valence-electron chi connectivity index (χ2n) is 2.80. The van der Waals surface area contributed by atoms with Crippen LogP contribution in [0.1, 0.15) is 5.56 Å². The van der Waals surface area contributed by atoms with Crippen LogP contribution in [0.3, 0.4) is 0 Å². The van der Waals surface area contributed by atoms with Crippen molar-refractivity contribution in [2.45, 2.75) is 11.8 Å². The third kappa shape index (κ3) is 2.50. The predicted molar refractivity (Wildman–Crippen MR) is 62.6 cm³/mol. The Kier molecular flexibility index (Phi) is 4.00.